The highest BCUT2D eigenvalue weighted by Gasteiger charge is 2.54. The van der Waals surface area contributed by atoms with Crippen molar-refractivity contribution in [3.05, 3.63) is 35.4 Å². The zero-order valence-corrected chi connectivity index (χ0v) is 11.4. The third-order valence-electron chi connectivity index (χ3n) is 5.10. The molecular formula is C16H17NO3. The third kappa shape index (κ3) is 1.32. The van der Waals surface area contributed by atoms with Crippen LogP contribution in [0.25, 0.3) is 0 Å². The fourth-order valence-electron chi connectivity index (χ4n) is 4.20. The molecule has 2 aliphatic heterocycles. The summed E-state index contributed by atoms with van der Waals surface area (Å²) >= 11 is 0. The van der Waals surface area contributed by atoms with Gasteiger partial charge < -0.3 is 9.84 Å². The fourth-order valence-corrected chi connectivity index (χ4v) is 4.20. The maximum absolute atomic E-state index is 11.8. The van der Waals surface area contributed by atoms with Crippen molar-refractivity contribution in [3.63, 3.8) is 0 Å². The molecule has 4 nitrogen and oxygen atoms in total. The number of ketones is 1. The van der Waals surface area contributed by atoms with Crippen molar-refractivity contribution in [2.45, 2.75) is 30.8 Å². The van der Waals surface area contributed by atoms with Crippen LogP contribution in [0, 0.1) is 0 Å². The molecule has 0 spiro atoms. The van der Waals surface area contributed by atoms with Crippen LogP contribution in [0.15, 0.2) is 24.3 Å². The largest absolute Gasteiger partial charge is 0.504 e. The molecule has 104 valence electrons. The molecule has 3 unspecified atom stereocenters. The highest BCUT2D eigenvalue weighted by Crippen LogP contribution is 2.54. The first-order chi connectivity index (χ1) is 9.65. The Balaban J connectivity index is 1.99. The number of carbonyl (C=O) groups is 1. The van der Waals surface area contributed by atoms with Crippen molar-refractivity contribution in [1.29, 1.82) is 0 Å². The van der Waals surface area contributed by atoms with E-state index < -0.39 is 0 Å². The number of hydrogen-bond acceptors (Lipinski definition) is 4. The van der Waals surface area contributed by atoms with E-state index in [4.69, 9.17) is 4.74 Å². The molecule has 4 rings (SSSR count). The Labute approximate surface area is 117 Å². The van der Waals surface area contributed by atoms with Gasteiger partial charge in [-0.05, 0) is 24.1 Å². The lowest BCUT2D eigenvalue weighted by atomic mass is 9.66. The van der Waals surface area contributed by atoms with E-state index in [1.165, 1.54) is 0 Å². The third-order valence-corrected chi connectivity index (χ3v) is 5.10. The van der Waals surface area contributed by atoms with E-state index in [0.717, 1.165) is 30.6 Å². The number of methoxy groups -OCH3 is 1. The summed E-state index contributed by atoms with van der Waals surface area (Å²) in [6.07, 6.45) is 5.20. The molecule has 1 aliphatic carbocycles. The Bertz CT molecular complexity index is 637. The number of ether oxygens (including phenoxy) is 1. The second kappa shape index (κ2) is 3.85. The van der Waals surface area contributed by atoms with E-state index in [2.05, 4.69) is 4.90 Å². The number of hydrogen-bond donors (Lipinski definition) is 1. The van der Waals surface area contributed by atoms with Crippen LogP contribution in [0.4, 0.5) is 0 Å². The average molecular weight is 271 g/mol. The van der Waals surface area contributed by atoms with E-state index in [1.807, 2.05) is 18.2 Å². The van der Waals surface area contributed by atoms with Gasteiger partial charge in [-0.25, -0.2) is 0 Å². The summed E-state index contributed by atoms with van der Waals surface area (Å²) in [6, 6.07) is 4.04. The lowest BCUT2D eigenvalue weighted by molar-refractivity contribution is -0.116. The number of fused-ring (bicyclic) bond motifs is 1. The number of allylic oxidation sites excluding steroid dienone is 1. The van der Waals surface area contributed by atoms with Gasteiger partial charge in [0.1, 0.15) is 0 Å². The van der Waals surface area contributed by atoms with Gasteiger partial charge in [-0.2, -0.15) is 0 Å². The van der Waals surface area contributed by atoms with E-state index in [9.17, 15) is 9.90 Å². The Morgan fingerprint density at radius 2 is 2.30 bits per heavy atom. The van der Waals surface area contributed by atoms with Crippen molar-refractivity contribution in [1.82, 2.24) is 4.90 Å². The Hall–Kier alpha value is -1.81. The summed E-state index contributed by atoms with van der Waals surface area (Å²) in [6.45, 7) is 1.78. The van der Waals surface area contributed by atoms with Crippen molar-refractivity contribution < 1.29 is 14.6 Å². The molecule has 20 heavy (non-hydrogen) atoms. The lowest BCUT2D eigenvalue weighted by Crippen LogP contribution is -2.48. The van der Waals surface area contributed by atoms with Gasteiger partial charge in [-0.15, -0.1) is 0 Å². The van der Waals surface area contributed by atoms with Crippen LogP contribution in [0.3, 0.4) is 0 Å². The summed E-state index contributed by atoms with van der Waals surface area (Å²) in [4.78, 5) is 14.1. The molecule has 0 amide bonds. The first-order valence-corrected chi connectivity index (χ1v) is 7.01. The topological polar surface area (TPSA) is 49.8 Å². The second-order valence-electron chi connectivity index (χ2n) is 5.93. The van der Waals surface area contributed by atoms with Crippen LogP contribution in [-0.2, 0) is 16.8 Å². The number of benzene rings is 1. The molecule has 1 aromatic rings. The minimum atomic E-state index is -0.222. The quantitative estimate of drug-likeness (QED) is 0.845. The van der Waals surface area contributed by atoms with Crippen LogP contribution < -0.4 is 4.74 Å². The van der Waals surface area contributed by atoms with Gasteiger partial charge in [0.2, 0.25) is 0 Å². The van der Waals surface area contributed by atoms with Gasteiger partial charge in [0.15, 0.2) is 17.3 Å². The molecule has 0 radical (unpaired) electrons. The number of aromatic hydroxyl groups is 1. The second-order valence-corrected chi connectivity index (χ2v) is 5.93. The first kappa shape index (κ1) is 12.0. The van der Waals surface area contributed by atoms with Crippen molar-refractivity contribution in [2.75, 3.05) is 13.7 Å². The van der Waals surface area contributed by atoms with E-state index in [0.29, 0.717) is 12.2 Å². The molecule has 2 heterocycles. The van der Waals surface area contributed by atoms with Crippen LogP contribution in [0.2, 0.25) is 0 Å². The monoisotopic (exact) mass is 271 g/mol. The highest BCUT2D eigenvalue weighted by atomic mass is 16.5. The Kier molecular flexibility index (Phi) is 2.31. The standard InChI is InChI=1S/C16H17NO3/c1-20-12-3-2-10-9-17-7-6-16(14(10)15(12)19)5-4-11(18)8-13(16)17/h2-5,13,19H,6-9H2,1H3. The normalized spacial score (nSPS) is 33.8. The molecule has 1 saturated heterocycles. The summed E-state index contributed by atoms with van der Waals surface area (Å²) in [5.74, 6) is 0.946. The maximum Gasteiger partial charge on any atom is 0.162 e. The Morgan fingerprint density at radius 1 is 1.45 bits per heavy atom. The molecule has 0 aromatic heterocycles. The first-order valence-electron chi connectivity index (χ1n) is 7.01. The van der Waals surface area contributed by atoms with Crippen LogP contribution in [-0.4, -0.2) is 35.5 Å². The summed E-state index contributed by atoms with van der Waals surface area (Å²) in [5, 5.41) is 10.6. The number of phenols is 1. The minimum absolute atomic E-state index is 0.184. The summed E-state index contributed by atoms with van der Waals surface area (Å²) in [5.41, 5.74) is 1.90. The van der Waals surface area contributed by atoms with Crippen LogP contribution >= 0.6 is 0 Å². The smallest absolute Gasteiger partial charge is 0.162 e. The van der Waals surface area contributed by atoms with E-state index in [-0.39, 0.29) is 23.0 Å². The molecule has 2 bridgehead atoms. The van der Waals surface area contributed by atoms with Gasteiger partial charge in [-0.3, -0.25) is 9.69 Å². The van der Waals surface area contributed by atoms with Gasteiger partial charge in [0.25, 0.3) is 0 Å². The van der Waals surface area contributed by atoms with Crippen molar-refractivity contribution >= 4 is 5.78 Å². The number of nitrogens with zero attached hydrogens (tertiary/aromatic N) is 1. The fraction of sp³-hybridized carbons (Fsp3) is 0.438. The molecule has 4 heteroatoms. The van der Waals surface area contributed by atoms with Crippen molar-refractivity contribution in [3.8, 4) is 11.5 Å². The minimum Gasteiger partial charge on any atom is -0.504 e. The van der Waals surface area contributed by atoms with Crippen molar-refractivity contribution in [2.24, 2.45) is 0 Å². The van der Waals surface area contributed by atoms with Gasteiger partial charge in [-0.1, -0.05) is 12.1 Å². The van der Waals surface area contributed by atoms with E-state index in [1.54, 1.807) is 13.2 Å². The Morgan fingerprint density at radius 3 is 3.10 bits per heavy atom. The molecule has 1 fully saturated rings. The molecule has 0 saturated carbocycles. The average Bonchev–Trinajstić information content (AvgIpc) is 2.70. The van der Waals surface area contributed by atoms with Crippen LogP contribution in [0.1, 0.15) is 24.0 Å². The predicted octanol–water partition coefficient (Wildman–Crippen LogP) is 1.76. The van der Waals surface area contributed by atoms with Gasteiger partial charge in [0.05, 0.1) is 7.11 Å². The molecule has 1 N–H and O–H groups in total. The molecular weight excluding hydrogens is 254 g/mol. The molecule has 1 aromatic carbocycles. The highest BCUT2D eigenvalue weighted by molar-refractivity contribution is 5.92. The summed E-state index contributed by atoms with van der Waals surface area (Å²) in [7, 11) is 1.57. The van der Waals surface area contributed by atoms with Gasteiger partial charge in [0, 0.05) is 36.5 Å². The lowest BCUT2D eigenvalue weighted by Gasteiger charge is -2.44. The number of phenolic OH excluding ortho intramolecular Hbond substituents is 1. The zero-order chi connectivity index (χ0) is 13.9. The van der Waals surface area contributed by atoms with Crippen LogP contribution in [0.5, 0.6) is 11.5 Å². The summed E-state index contributed by atoms with van der Waals surface area (Å²) < 4.78 is 5.26. The van der Waals surface area contributed by atoms with E-state index >= 15 is 0 Å². The number of rotatable bonds is 1. The van der Waals surface area contributed by atoms with Gasteiger partial charge >= 0.3 is 0 Å². The SMILES string of the molecule is COc1ccc2c(c1O)C13C=CC(=O)CC1N(CC3)C2. The molecule has 3 aliphatic rings. The zero-order valence-electron chi connectivity index (χ0n) is 11.4. The maximum atomic E-state index is 11.8. The molecule has 3 atom stereocenters. The number of carbonyl (C=O) groups excluding carboxylic acids is 1. The predicted molar refractivity (Wildman–Crippen MR) is 73.9 cm³/mol.